The van der Waals surface area contributed by atoms with Crippen LogP contribution in [-0.4, -0.2) is 45.9 Å². The van der Waals surface area contributed by atoms with Gasteiger partial charge in [0.15, 0.2) is 5.17 Å². The van der Waals surface area contributed by atoms with E-state index in [9.17, 15) is 4.79 Å². The van der Waals surface area contributed by atoms with Gasteiger partial charge in [0.25, 0.3) is 5.89 Å². The zero-order valence-corrected chi connectivity index (χ0v) is 15.7. The number of aromatic nitrogens is 2. The number of thioether (sulfide) groups is 1. The number of benzene rings is 1. The molecular formula is C18H19N5O3S. The van der Waals surface area contributed by atoms with E-state index in [1.165, 1.54) is 0 Å². The summed E-state index contributed by atoms with van der Waals surface area (Å²) in [4.78, 5) is 18.9. The molecule has 1 amide bonds. The quantitative estimate of drug-likeness (QED) is 0.816. The lowest BCUT2D eigenvalue weighted by atomic mass is 10.2. The normalized spacial score (nSPS) is 15.8. The average Bonchev–Trinajstić information content (AvgIpc) is 3.30. The fourth-order valence-electron chi connectivity index (χ4n) is 2.91. The van der Waals surface area contributed by atoms with E-state index in [4.69, 9.17) is 9.15 Å². The Kier molecular flexibility index (Phi) is 5.10. The zero-order valence-electron chi connectivity index (χ0n) is 14.8. The lowest BCUT2D eigenvalue weighted by Gasteiger charge is -2.24. The number of ether oxygens (including phenoxy) is 1. The van der Waals surface area contributed by atoms with Crippen LogP contribution in [0.4, 0.5) is 6.01 Å². The van der Waals surface area contributed by atoms with Crippen LogP contribution in [0.2, 0.25) is 0 Å². The second-order valence-electron chi connectivity index (χ2n) is 5.96. The van der Waals surface area contributed by atoms with E-state index in [2.05, 4.69) is 25.4 Å². The number of nitrogens with one attached hydrogen (secondary N) is 1. The predicted molar refractivity (Wildman–Crippen MR) is 103 cm³/mol. The van der Waals surface area contributed by atoms with E-state index in [1.807, 2.05) is 36.6 Å². The molecule has 2 aliphatic heterocycles. The van der Waals surface area contributed by atoms with Crippen LogP contribution in [0.15, 0.2) is 44.8 Å². The van der Waals surface area contributed by atoms with Crippen molar-refractivity contribution in [3.05, 3.63) is 35.4 Å². The standard InChI is InChI=1S/C18H19N5O3S/c1-2-25-14-7-4-3-6-13(14)16-21-22-17(26-16)20-15(24)10-12-11-27-18-19-8-5-9-23(12)18/h3-4,6-7,11H,2,5,8-10H2,1H3,(H,20,22,24). The van der Waals surface area contributed by atoms with Crippen LogP contribution >= 0.6 is 11.8 Å². The molecule has 1 aromatic carbocycles. The molecule has 3 heterocycles. The first-order chi connectivity index (χ1) is 13.2. The van der Waals surface area contributed by atoms with Crippen LogP contribution in [0.1, 0.15) is 19.8 Å². The van der Waals surface area contributed by atoms with Gasteiger partial charge in [-0.2, -0.15) is 0 Å². The van der Waals surface area contributed by atoms with Crippen molar-refractivity contribution in [3.8, 4) is 17.2 Å². The van der Waals surface area contributed by atoms with Gasteiger partial charge >= 0.3 is 6.01 Å². The van der Waals surface area contributed by atoms with Crippen LogP contribution in [0.25, 0.3) is 11.5 Å². The van der Waals surface area contributed by atoms with Crippen LogP contribution in [0.5, 0.6) is 5.75 Å². The van der Waals surface area contributed by atoms with Crippen molar-refractivity contribution < 1.29 is 13.9 Å². The highest BCUT2D eigenvalue weighted by atomic mass is 32.2. The first-order valence-electron chi connectivity index (χ1n) is 8.78. The van der Waals surface area contributed by atoms with E-state index in [-0.39, 0.29) is 18.3 Å². The number of carbonyl (C=O) groups is 1. The molecule has 2 aromatic rings. The monoisotopic (exact) mass is 385 g/mol. The zero-order chi connectivity index (χ0) is 18.6. The van der Waals surface area contributed by atoms with Gasteiger partial charge in [0, 0.05) is 18.8 Å². The molecule has 0 saturated heterocycles. The second kappa shape index (κ2) is 7.83. The minimum atomic E-state index is -0.207. The minimum absolute atomic E-state index is 0.0695. The van der Waals surface area contributed by atoms with Gasteiger partial charge in [-0.05, 0) is 30.9 Å². The Hall–Kier alpha value is -2.81. The molecule has 8 nitrogen and oxygen atoms in total. The molecule has 2 aliphatic rings. The molecule has 0 atom stereocenters. The van der Waals surface area contributed by atoms with E-state index in [0.717, 1.165) is 30.4 Å². The first-order valence-corrected chi connectivity index (χ1v) is 9.66. The topological polar surface area (TPSA) is 92.9 Å². The molecule has 4 rings (SSSR count). The molecule has 140 valence electrons. The third-order valence-corrected chi connectivity index (χ3v) is 5.05. The lowest BCUT2D eigenvalue weighted by Crippen LogP contribution is -2.31. The van der Waals surface area contributed by atoms with Crippen molar-refractivity contribution in [2.75, 3.05) is 25.0 Å². The van der Waals surface area contributed by atoms with Gasteiger partial charge in [0.1, 0.15) is 5.75 Å². The predicted octanol–water partition coefficient (Wildman–Crippen LogP) is 3.11. The third-order valence-electron chi connectivity index (χ3n) is 4.10. The summed E-state index contributed by atoms with van der Waals surface area (Å²) in [5, 5.41) is 13.6. The highest BCUT2D eigenvalue weighted by Crippen LogP contribution is 2.31. The summed E-state index contributed by atoms with van der Waals surface area (Å²) in [6.45, 7) is 4.18. The number of aliphatic imine (C=N–C) groups is 1. The summed E-state index contributed by atoms with van der Waals surface area (Å²) >= 11 is 1.56. The molecular weight excluding hydrogens is 366 g/mol. The second-order valence-corrected chi connectivity index (χ2v) is 6.80. The molecule has 0 radical (unpaired) electrons. The molecule has 1 aromatic heterocycles. The number of anilines is 1. The largest absolute Gasteiger partial charge is 0.493 e. The van der Waals surface area contributed by atoms with Gasteiger partial charge in [-0.3, -0.25) is 15.1 Å². The summed E-state index contributed by atoms with van der Waals surface area (Å²) < 4.78 is 11.2. The van der Waals surface area contributed by atoms with Gasteiger partial charge in [-0.15, -0.1) is 5.10 Å². The van der Waals surface area contributed by atoms with Crippen molar-refractivity contribution in [2.45, 2.75) is 19.8 Å². The van der Waals surface area contributed by atoms with Crippen molar-refractivity contribution in [2.24, 2.45) is 4.99 Å². The van der Waals surface area contributed by atoms with Crippen molar-refractivity contribution in [3.63, 3.8) is 0 Å². The summed E-state index contributed by atoms with van der Waals surface area (Å²) in [5.74, 6) is 0.754. The third kappa shape index (κ3) is 3.82. The molecule has 9 heteroatoms. The molecule has 1 N–H and O–H groups in total. The van der Waals surface area contributed by atoms with E-state index in [0.29, 0.717) is 23.8 Å². The van der Waals surface area contributed by atoms with Gasteiger partial charge in [0.2, 0.25) is 5.91 Å². The maximum absolute atomic E-state index is 12.4. The van der Waals surface area contributed by atoms with Gasteiger partial charge in [-0.25, -0.2) is 0 Å². The number of carbonyl (C=O) groups excluding carboxylic acids is 1. The smallest absolute Gasteiger partial charge is 0.322 e. The summed E-state index contributed by atoms with van der Waals surface area (Å²) in [6.07, 6.45) is 1.23. The van der Waals surface area contributed by atoms with Gasteiger partial charge < -0.3 is 14.1 Å². The van der Waals surface area contributed by atoms with E-state index >= 15 is 0 Å². The Bertz CT molecular complexity index is 908. The maximum Gasteiger partial charge on any atom is 0.322 e. The highest BCUT2D eigenvalue weighted by molar-refractivity contribution is 8.16. The Balaban J connectivity index is 1.42. The number of amides is 1. The Labute approximate surface area is 160 Å². The molecule has 0 saturated carbocycles. The molecule has 0 fully saturated rings. The average molecular weight is 385 g/mol. The minimum Gasteiger partial charge on any atom is -0.493 e. The maximum atomic E-state index is 12.4. The number of fused-ring (bicyclic) bond motifs is 1. The molecule has 0 spiro atoms. The van der Waals surface area contributed by atoms with Crippen LogP contribution in [-0.2, 0) is 4.79 Å². The highest BCUT2D eigenvalue weighted by Gasteiger charge is 2.26. The van der Waals surface area contributed by atoms with Crippen LogP contribution in [0.3, 0.4) is 0 Å². The first kappa shape index (κ1) is 17.6. The van der Waals surface area contributed by atoms with Crippen molar-refractivity contribution >= 4 is 28.9 Å². The van der Waals surface area contributed by atoms with Crippen molar-refractivity contribution in [1.29, 1.82) is 0 Å². The lowest BCUT2D eigenvalue weighted by molar-refractivity contribution is -0.115. The van der Waals surface area contributed by atoms with E-state index in [1.54, 1.807) is 11.8 Å². The van der Waals surface area contributed by atoms with Crippen LogP contribution in [0, 0.1) is 0 Å². The number of para-hydroxylation sites is 1. The SMILES string of the molecule is CCOc1ccccc1-c1nnc(NC(=O)CC2=CSC3=NCCCN23)o1. The molecule has 27 heavy (non-hydrogen) atoms. The summed E-state index contributed by atoms with van der Waals surface area (Å²) in [5.41, 5.74) is 1.63. The van der Waals surface area contributed by atoms with E-state index < -0.39 is 0 Å². The Morgan fingerprint density at radius 1 is 1.37 bits per heavy atom. The van der Waals surface area contributed by atoms with Gasteiger partial charge in [-0.1, -0.05) is 29.0 Å². The summed E-state index contributed by atoms with van der Waals surface area (Å²) in [6, 6.07) is 7.48. The fraction of sp³-hybridized carbons (Fsp3) is 0.333. The van der Waals surface area contributed by atoms with Crippen LogP contribution < -0.4 is 10.1 Å². The Morgan fingerprint density at radius 2 is 2.26 bits per heavy atom. The Morgan fingerprint density at radius 3 is 3.15 bits per heavy atom. The fourth-order valence-corrected chi connectivity index (χ4v) is 3.86. The van der Waals surface area contributed by atoms with Gasteiger partial charge in [0.05, 0.1) is 18.6 Å². The molecule has 0 aliphatic carbocycles. The number of rotatable bonds is 6. The number of nitrogens with zero attached hydrogens (tertiary/aromatic N) is 4. The molecule has 0 bridgehead atoms. The van der Waals surface area contributed by atoms with Crippen molar-refractivity contribution in [1.82, 2.24) is 15.1 Å². The molecule has 0 unspecified atom stereocenters. The number of amidine groups is 1. The number of hydrogen-bond donors (Lipinski definition) is 1. The number of hydrogen-bond acceptors (Lipinski definition) is 8. The summed E-state index contributed by atoms with van der Waals surface area (Å²) in [7, 11) is 0.